The van der Waals surface area contributed by atoms with E-state index in [9.17, 15) is 4.79 Å². The lowest BCUT2D eigenvalue weighted by atomic mass is 9.98. The third kappa shape index (κ3) is 1.58. The summed E-state index contributed by atoms with van der Waals surface area (Å²) in [4.78, 5) is 10.6. The van der Waals surface area contributed by atoms with E-state index in [-0.39, 0.29) is 5.92 Å². The van der Waals surface area contributed by atoms with Crippen LogP contribution in [0, 0.1) is 5.92 Å². The summed E-state index contributed by atoms with van der Waals surface area (Å²) >= 11 is 0. The van der Waals surface area contributed by atoms with Gasteiger partial charge in [0.1, 0.15) is 17.8 Å². The van der Waals surface area contributed by atoms with Crippen LogP contribution in [0.5, 0.6) is 11.5 Å². The minimum Gasteiger partial charge on any atom is -0.497 e. The zero-order valence-electron chi connectivity index (χ0n) is 8.03. The standard InChI is InChI=1S/C11H12O3/c1-13-10-3-2-9-4-8(6-12)7-14-11(9)5-10/h2-3,5-6,8H,4,7H2,1H3. The molecule has 1 atom stereocenters. The van der Waals surface area contributed by atoms with Crippen molar-refractivity contribution in [2.24, 2.45) is 5.92 Å². The molecule has 14 heavy (non-hydrogen) atoms. The van der Waals surface area contributed by atoms with E-state index in [2.05, 4.69) is 0 Å². The van der Waals surface area contributed by atoms with Gasteiger partial charge in [-0.25, -0.2) is 0 Å². The smallest absolute Gasteiger partial charge is 0.126 e. The Balaban J connectivity index is 2.27. The zero-order valence-corrected chi connectivity index (χ0v) is 8.03. The van der Waals surface area contributed by atoms with Crippen molar-refractivity contribution in [3.05, 3.63) is 23.8 Å². The molecule has 0 fully saturated rings. The second-order valence-electron chi connectivity index (χ2n) is 3.38. The van der Waals surface area contributed by atoms with E-state index in [1.54, 1.807) is 7.11 Å². The van der Waals surface area contributed by atoms with Gasteiger partial charge in [-0.3, -0.25) is 0 Å². The molecule has 0 amide bonds. The number of ether oxygens (including phenoxy) is 2. The summed E-state index contributed by atoms with van der Waals surface area (Å²) in [6.07, 6.45) is 1.72. The lowest BCUT2D eigenvalue weighted by molar-refractivity contribution is -0.112. The highest BCUT2D eigenvalue weighted by molar-refractivity contribution is 5.56. The topological polar surface area (TPSA) is 35.5 Å². The molecule has 0 radical (unpaired) electrons. The monoisotopic (exact) mass is 192 g/mol. The average Bonchev–Trinajstić information content (AvgIpc) is 2.27. The van der Waals surface area contributed by atoms with Gasteiger partial charge in [0.2, 0.25) is 0 Å². The predicted octanol–water partition coefficient (Wildman–Crippen LogP) is 1.45. The maximum atomic E-state index is 10.6. The lowest BCUT2D eigenvalue weighted by Crippen LogP contribution is -2.21. The molecule has 1 heterocycles. The van der Waals surface area contributed by atoms with Crippen molar-refractivity contribution in [2.75, 3.05) is 13.7 Å². The molecular weight excluding hydrogens is 180 g/mol. The molecule has 1 aliphatic rings. The largest absolute Gasteiger partial charge is 0.497 e. The molecular formula is C11H12O3. The van der Waals surface area contributed by atoms with E-state index >= 15 is 0 Å². The fraction of sp³-hybridized carbons (Fsp3) is 0.364. The van der Waals surface area contributed by atoms with Gasteiger partial charge in [0.15, 0.2) is 0 Å². The molecule has 0 spiro atoms. The highest BCUT2D eigenvalue weighted by Crippen LogP contribution is 2.30. The Morgan fingerprint density at radius 3 is 3.14 bits per heavy atom. The third-order valence-corrected chi connectivity index (χ3v) is 2.40. The summed E-state index contributed by atoms with van der Waals surface area (Å²) in [6.45, 7) is 0.476. The van der Waals surface area contributed by atoms with Crippen LogP contribution in [0.4, 0.5) is 0 Å². The molecule has 3 nitrogen and oxygen atoms in total. The number of benzene rings is 1. The van der Waals surface area contributed by atoms with E-state index in [1.165, 1.54) is 0 Å². The van der Waals surface area contributed by atoms with Crippen LogP contribution in [0.2, 0.25) is 0 Å². The fourth-order valence-corrected chi connectivity index (χ4v) is 1.59. The Labute approximate surface area is 82.6 Å². The number of aldehydes is 1. The fourth-order valence-electron chi connectivity index (χ4n) is 1.59. The zero-order chi connectivity index (χ0) is 9.97. The molecule has 0 saturated carbocycles. The average molecular weight is 192 g/mol. The molecule has 0 aliphatic carbocycles. The van der Waals surface area contributed by atoms with Gasteiger partial charge >= 0.3 is 0 Å². The van der Waals surface area contributed by atoms with E-state index in [4.69, 9.17) is 9.47 Å². The van der Waals surface area contributed by atoms with Gasteiger partial charge in [-0.15, -0.1) is 0 Å². The van der Waals surface area contributed by atoms with Crippen LogP contribution >= 0.6 is 0 Å². The van der Waals surface area contributed by atoms with Gasteiger partial charge in [-0.05, 0) is 18.1 Å². The van der Waals surface area contributed by atoms with E-state index in [1.807, 2.05) is 18.2 Å². The first-order valence-electron chi connectivity index (χ1n) is 4.58. The highest BCUT2D eigenvalue weighted by Gasteiger charge is 2.19. The number of rotatable bonds is 2. The molecule has 1 aromatic carbocycles. The van der Waals surface area contributed by atoms with Crippen LogP contribution in [0.1, 0.15) is 5.56 Å². The number of methoxy groups -OCH3 is 1. The van der Waals surface area contributed by atoms with Crippen LogP contribution in [-0.4, -0.2) is 20.0 Å². The molecule has 3 heteroatoms. The van der Waals surface area contributed by atoms with Crippen molar-refractivity contribution in [2.45, 2.75) is 6.42 Å². The first kappa shape index (κ1) is 9.06. The van der Waals surface area contributed by atoms with Crippen molar-refractivity contribution in [3.8, 4) is 11.5 Å². The summed E-state index contributed by atoms with van der Waals surface area (Å²) < 4.78 is 10.5. The maximum Gasteiger partial charge on any atom is 0.126 e. The van der Waals surface area contributed by atoms with E-state index in [0.29, 0.717) is 6.61 Å². The van der Waals surface area contributed by atoms with E-state index in [0.717, 1.165) is 29.8 Å². The van der Waals surface area contributed by atoms with Crippen LogP contribution in [0.15, 0.2) is 18.2 Å². The number of hydrogen-bond acceptors (Lipinski definition) is 3. The molecule has 0 bridgehead atoms. The first-order valence-corrected chi connectivity index (χ1v) is 4.58. The second-order valence-corrected chi connectivity index (χ2v) is 3.38. The molecule has 0 saturated heterocycles. The number of fused-ring (bicyclic) bond motifs is 1. The van der Waals surface area contributed by atoms with Crippen LogP contribution < -0.4 is 9.47 Å². The van der Waals surface area contributed by atoms with Gasteiger partial charge in [-0.2, -0.15) is 0 Å². The van der Waals surface area contributed by atoms with Gasteiger partial charge in [0.05, 0.1) is 19.6 Å². The first-order chi connectivity index (χ1) is 6.83. The van der Waals surface area contributed by atoms with Crippen LogP contribution in [-0.2, 0) is 11.2 Å². The molecule has 0 N–H and O–H groups in total. The molecule has 1 aromatic rings. The summed E-state index contributed by atoms with van der Waals surface area (Å²) in [5.74, 6) is 1.62. The quantitative estimate of drug-likeness (QED) is 0.665. The highest BCUT2D eigenvalue weighted by atomic mass is 16.5. The summed E-state index contributed by atoms with van der Waals surface area (Å²) in [5.41, 5.74) is 1.08. The van der Waals surface area contributed by atoms with Crippen molar-refractivity contribution in [1.82, 2.24) is 0 Å². The van der Waals surface area contributed by atoms with Crippen molar-refractivity contribution >= 4 is 6.29 Å². The van der Waals surface area contributed by atoms with Crippen molar-refractivity contribution < 1.29 is 14.3 Å². The summed E-state index contributed by atoms with van der Waals surface area (Å²) in [7, 11) is 1.62. The van der Waals surface area contributed by atoms with Gasteiger partial charge in [0.25, 0.3) is 0 Å². The Morgan fingerprint density at radius 1 is 1.57 bits per heavy atom. The molecule has 1 aliphatic heterocycles. The van der Waals surface area contributed by atoms with Crippen molar-refractivity contribution in [1.29, 1.82) is 0 Å². The predicted molar refractivity (Wildman–Crippen MR) is 51.7 cm³/mol. The molecule has 2 rings (SSSR count). The molecule has 74 valence electrons. The van der Waals surface area contributed by atoms with Gasteiger partial charge < -0.3 is 14.3 Å². The Kier molecular flexibility index (Phi) is 2.39. The SMILES string of the molecule is COc1ccc2c(c1)OCC(C=O)C2. The van der Waals surface area contributed by atoms with Gasteiger partial charge in [-0.1, -0.05) is 6.07 Å². The Bertz CT molecular complexity index is 346. The normalized spacial score (nSPS) is 19.4. The van der Waals surface area contributed by atoms with Crippen molar-refractivity contribution in [3.63, 3.8) is 0 Å². The number of carbonyl (C=O) groups excluding carboxylic acids is 1. The Morgan fingerprint density at radius 2 is 2.43 bits per heavy atom. The number of carbonyl (C=O) groups is 1. The maximum absolute atomic E-state index is 10.6. The second kappa shape index (κ2) is 3.70. The van der Waals surface area contributed by atoms with Crippen LogP contribution in [0.3, 0.4) is 0 Å². The summed E-state index contributed by atoms with van der Waals surface area (Å²) in [5, 5.41) is 0. The molecule has 1 unspecified atom stereocenters. The Hall–Kier alpha value is -1.51. The van der Waals surface area contributed by atoms with E-state index < -0.39 is 0 Å². The summed E-state index contributed by atoms with van der Waals surface area (Å²) in [6, 6.07) is 5.69. The van der Waals surface area contributed by atoms with Gasteiger partial charge in [0, 0.05) is 6.07 Å². The minimum absolute atomic E-state index is 0.00380. The molecule has 0 aromatic heterocycles. The lowest BCUT2D eigenvalue weighted by Gasteiger charge is -2.21. The number of hydrogen-bond donors (Lipinski definition) is 0. The third-order valence-electron chi connectivity index (χ3n) is 2.40. The van der Waals surface area contributed by atoms with Crippen LogP contribution in [0.25, 0.3) is 0 Å². The minimum atomic E-state index is -0.00380.